The first kappa shape index (κ1) is 19.9. The molecule has 2 aliphatic rings. The molecular formula is C20H20F3N3O2S. The topological polar surface area (TPSA) is 76.3 Å². The number of hydrogen-bond donors (Lipinski definition) is 1. The van der Waals surface area contributed by atoms with Crippen molar-refractivity contribution in [3.63, 3.8) is 0 Å². The summed E-state index contributed by atoms with van der Waals surface area (Å²) in [6.45, 7) is 1.70. The number of hydrogen-bond acceptors (Lipinski definition) is 4. The Hall–Kier alpha value is -2.42. The standard InChI is InChI=1S/C20H20F3N3O2S/c1-10-25-16(17(29-10)12-5-2-6-13(8-12)20(21,22)23)19(28)26-14-7-3-4-11(14)9-15(26)18(24)27/h2,5-6,8,11,14-15H,3-4,7,9H2,1H3,(H2,24,27)/t11-,14-,15-/m0/s1. The van der Waals surface area contributed by atoms with Gasteiger partial charge in [0.25, 0.3) is 5.91 Å². The summed E-state index contributed by atoms with van der Waals surface area (Å²) in [4.78, 5) is 31.7. The van der Waals surface area contributed by atoms with E-state index in [0.717, 1.165) is 31.4 Å². The van der Waals surface area contributed by atoms with Crippen LogP contribution in [-0.2, 0) is 11.0 Å². The number of alkyl halides is 3. The number of carbonyl (C=O) groups is 2. The second-order valence-corrected chi connectivity index (χ2v) is 8.82. The number of nitrogens with zero attached hydrogens (tertiary/aromatic N) is 2. The van der Waals surface area contributed by atoms with E-state index in [9.17, 15) is 22.8 Å². The second-order valence-electron chi connectivity index (χ2n) is 7.61. The van der Waals surface area contributed by atoms with Gasteiger partial charge in [-0.3, -0.25) is 9.59 Å². The van der Waals surface area contributed by atoms with Gasteiger partial charge in [-0.25, -0.2) is 4.98 Å². The van der Waals surface area contributed by atoms with Gasteiger partial charge in [-0.05, 0) is 49.8 Å². The van der Waals surface area contributed by atoms with Crippen molar-refractivity contribution >= 4 is 23.2 Å². The number of rotatable bonds is 3. The zero-order valence-electron chi connectivity index (χ0n) is 15.7. The molecule has 3 atom stereocenters. The van der Waals surface area contributed by atoms with E-state index in [0.29, 0.717) is 16.3 Å². The van der Waals surface area contributed by atoms with E-state index in [1.165, 1.54) is 28.4 Å². The molecule has 2 fully saturated rings. The lowest BCUT2D eigenvalue weighted by atomic mass is 10.0. The zero-order valence-corrected chi connectivity index (χ0v) is 16.5. The largest absolute Gasteiger partial charge is 0.416 e. The van der Waals surface area contributed by atoms with Crippen LogP contribution in [0.2, 0.25) is 0 Å². The molecule has 154 valence electrons. The Morgan fingerprint density at radius 1 is 1.28 bits per heavy atom. The first-order chi connectivity index (χ1) is 13.7. The van der Waals surface area contributed by atoms with E-state index in [4.69, 9.17) is 5.73 Å². The normalized spacial score (nSPS) is 24.0. The van der Waals surface area contributed by atoms with Gasteiger partial charge in [0, 0.05) is 6.04 Å². The van der Waals surface area contributed by atoms with E-state index in [-0.39, 0.29) is 23.2 Å². The monoisotopic (exact) mass is 423 g/mol. The van der Waals surface area contributed by atoms with E-state index in [1.807, 2.05) is 0 Å². The van der Waals surface area contributed by atoms with E-state index in [2.05, 4.69) is 4.98 Å². The number of thiazole rings is 1. The van der Waals surface area contributed by atoms with Gasteiger partial charge in [0.15, 0.2) is 0 Å². The maximum atomic E-state index is 13.4. The Balaban J connectivity index is 1.75. The fourth-order valence-corrected chi connectivity index (χ4v) is 5.47. The summed E-state index contributed by atoms with van der Waals surface area (Å²) in [6, 6.07) is 4.10. The van der Waals surface area contributed by atoms with Gasteiger partial charge in [-0.15, -0.1) is 11.3 Å². The van der Waals surface area contributed by atoms with Crippen LogP contribution in [-0.4, -0.2) is 33.8 Å². The average molecular weight is 423 g/mol. The van der Waals surface area contributed by atoms with Gasteiger partial charge in [0.1, 0.15) is 11.7 Å². The molecule has 0 unspecified atom stereocenters. The molecule has 2 heterocycles. The quantitative estimate of drug-likeness (QED) is 0.811. The summed E-state index contributed by atoms with van der Waals surface area (Å²) in [5, 5.41) is 0.568. The predicted molar refractivity (Wildman–Crippen MR) is 102 cm³/mol. The SMILES string of the molecule is Cc1nc(C(=O)N2[C@H](C(N)=O)C[C@@H]3CCC[C@@H]32)c(-c2cccc(C(F)(F)F)c2)s1. The Morgan fingerprint density at radius 2 is 2.03 bits per heavy atom. The van der Waals surface area contributed by atoms with Gasteiger partial charge in [0.05, 0.1) is 15.4 Å². The number of nitrogens with two attached hydrogens (primary N) is 1. The fourth-order valence-electron chi connectivity index (χ4n) is 4.56. The molecular weight excluding hydrogens is 403 g/mol. The smallest absolute Gasteiger partial charge is 0.368 e. The first-order valence-corrected chi connectivity index (χ1v) is 10.3. The number of fused-ring (bicyclic) bond motifs is 1. The molecule has 2 amide bonds. The van der Waals surface area contributed by atoms with Gasteiger partial charge < -0.3 is 10.6 Å². The van der Waals surface area contributed by atoms with Crippen LogP contribution in [0.15, 0.2) is 24.3 Å². The van der Waals surface area contributed by atoms with Crippen LogP contribution in [0.4, 0.5) is 13.2 Å². The van der Waals surface area contributed by atoms with Gasteiger partial charge in [0.2, 0.25) is 5.91 Å². The molecule has 1 aliphatic heterocycles. The molecule has 0 radical (unpaired) electrons. The van der Waals surface area contributed by atoms with Crippen molar-refractivity contribution in [1.82, 2.24) is 9.88 Å². The van der Waals surface area contributed by atoms with Crippen LogP contribution < -0.4 is 5.73 Å². The maximum absolute atomic E-state index is 13.4. The van der Waals surface area contributed by atoms with Crippen LogP contribution in [0.25, 0.3) is 10.4 Å². The maximum Gasteiger partial charge on any atom is 0.416 e. The second kappa shape index (κ2) is 7.12. The molecule has 1 aliphatic carbocycles. The third-order valence-electron chi connectivity index (χ3n) is 5.79. The highest BCUT2D eigenvalue weighted by Crippen LogP contribution is 2.43. The summed E-state index contributed by atoms with van der Waals surface area (Å²) in [7, 11) is 0. The molecule has 1 saturated carbocycles. The molecule has 2 N–H and O–H groups in total. The summed E-state index contributed by atoms with van der Waals surface area (Å²) in [6.07, 6.45) is -1.24. The average Bonchev–Trinajstić information content (AvgIpc) is 3.34. The van der Waals surface area contributed by atoms with Crippen molar-refractivity contribution in [2.75, 3.05) is 0 Å². The lowest BCUT2D eigenvalue weighted by molar-refractivity contribution is -0.137. The highest BCUT2D eigenvalue weighted by molar-refractivity contribution is 7.15. The summed E-state index contributed by atoms with van der Waals surface area (Å²) in [5.74, 6) is -0.756. The summed E-state index contributed by atoms with van der Waals surface area (Å²) < 4.78 is 39.4. The zero-order chi connectivity index (χ0) is 20.9. The van der Waals surface area contributed by atoms with Crippen molar-refractivity contribution in [3.8, 4) is 10.4 Å². The van der Waals surface area contributed by atoms with Crippen molar-refractivity contribution in [1.29, 1.82) is 0 Å². The van der Waals surface area contributed by atoms with Crippen LogP contribution in [0.5, 0.6) is 0 Å². The van der Waals surface area contributed by atoms with Gasteiger partial charge >= 0.3 is 6.18 Å². The molecule has 1 saturated heterocycles. The van der Waals surface area contributed by atoms with Crippen LogP contribution in [0.1, 0.15) is 46.7 Å². The minimum absolute atomic E-state index is 0.0728. The minimum atomic E-state index is -4.48. The molecule has 2 aromatic rings. The highest BCUT2D eigenvalue weighted by Gasteiger charge is 2.49. The minimum Gasteiger partial charge on any atom is -0.368 e. The Labute approximate surface area is 169 Å². The molecule has 5 nitrogen and oxygen atoms in total. The van der Waals surface area contributed by atoms with Gasteiger partial charge in [-0.2, -0.15) is 13.2 Å². The van der Waals surface area contributed by atoms with Crippen molar-refractivity contribution in [3.05, 3.63) is 40.5 Å². The molecule has 0 bridgehead atoms. The number of aromatic nitrogens is 1. The number of primary amides is 1. The van der Waals surface area contributed by atoms with Crippen molar-refractivity contribution in [2.24, 2.45) is 11.7 Å². The number of likely N-dealkylation sites (tertiary alicyclic amines) is 1. The summed E-state index contributed by atoms with van der Waals surface area (Å²) >= 11 is 1.17. The first-order valence-electron chi connectivity index (χ1n) is 9.44. The van der Waals surface area contributed by atoms with Crippen molar-refractivity contribution < 1.29 is 22.8 Å². The van der Waals surface area contributed by atoms with Gasteiger partial charge in [-0.1, -0.05) is 18.6 Å². The van der Waals surface area contributed by atoms with Crippen LogP contribution in [0.3, 0.4) is 0 Å². The molecule has 29 heavy (non-hydrogen) atoms. The Bertz CT molecular complexity index is 972. The third-order valence-corrected chi connectivity index (χ3v) is 6.81. The van der Waals surface area contributed by atoms with E-state index < -0.39 is 29.6 Å². The lowest BCUT2D eigenvalue weighted by Gasteiger charge is -2.28. The number of aryl methyl sites for hydroxylation is 1. The van der Waals surface area contributed by atoms with E-state index >= 15 is 0 Å². The van der Waals surface area contributed by atoms with Crippen LogP contribution >= 0.6 is 11.3 Å². The van der Waals surface area contributed by atoms with E-state index in [1.54, 1.807) is 6.92 Å². The Kier molecular flexibility index (Phi) is 4.88. The fraction of sp³-hybridized carbons (Fsp3) is 0.450. The molecule has 9 heteroatoms. The predicted octanol–water partition coefficient (Wildman–Crippen LogP) is 4.01. The molecule has 1 aromatic heterocycles. The number of amides is 2. The molecule has 0 spiro atoms. The summed E-state index contributed by atoms with van der Waals surface area (Å²) in [5.41, 5.74) is 5.14. The number of benzene rings is 1. The molecule has 1 aromatic carbocycles. The molecule has 4 rings (SSSR count). The Morgan fingerprint density at radius 3 is 2.72 bits per heavy atom. The number of halogens is 3. The highest BCUT2D eigenvalue weighted by atomic mass is 32.1. The lowest BCUT2D eigenvalue weighted by Crippen LogP contribution is -2.47. The van der Waals surface area contributed by atoms with Crippen molar-refractivity contribution in [2.45, 2.75) is 50.9 Å². The number of carbonyl (C=O) groups excluding carboxylic acids is 2. The third kappa shape index (κ3) is 3.52. The van der Waals surface area contributed by atoms with Crippen LogP contribution in [0, 0.1) is 12.8 Å².